The van der Waals surface area contributed by atoms with Gasteiger partial charge in [-0.05, 0) is 110 Å². The average Bonchev–Trinajstić information content (AvgIpc) is 2.98. The molecule has 0 aromatic carbocycles. The van der Waals surface area contributed by atoms with E-state index >= 15 is 0 Å². The molecule has 0 saturated heterocycles. The largest absolute Gasteiger partial charge is 0.328 e. The molecule has 10 atom stereocenters. The fourth-order valence-corrected chi connectivity index (χ4v) is 9.76. The number of aldehydes is 1. The molecule has 4 saturated carbocycles. The summed E-state index contributed by atoms with van der Waals surface area (Å²) in [5.74, 6) is 4.83. The Morgan fingerprint density at radius 2 is 1.78 bits per heavy atom. The number of carbonyl (C=O) groups excluding carboxylic acids is 1. The molecule has 0 aromatic rings. The third-order valence-corrected chi connectivity index (χ3v) is 11.7. The third kappa shape index (κ3) is 3.24. The Morgan fingerprint density at radius 1 is 1.00 bits per heavy atom. The van der Waals surface area contributed by atoms with Crippen LogP contribution in [0, 0.1) is 52.3 Å². The summed E-state index contributed by atoms with van der Waals surface area (Å²) < 4.78 is 0. The van der Waals surface area contributed by atoms with Crippen molar-refractivity contribution in [2.24, 2.45) is 63.0 Å². The number of allylic oxidation sites excluding steroid dienone is 3. The van der Waals surface area contributed by atoms with Gasteiger partial charge in [0.05, 0.1) is 5.54 Å². The van der Waals surface area contributed by atoms with Crippen molar-refractivity contribution < 1.29 is 4.79 Å². The molecule has 4 unspecified atom stereocenters. The van der Waals surface area contributed by atoms with E-state index in [-0.39, 0.29) is 5.54 Å². The summed E-state index contributed by atoms with van der Waals surface area (Å²) in [5, 5.41) is 0. The smallest absolute Gasteiger partial charge is 0.123 e. The Kier molecular flexibility index (Phi) is 5.80. The summed E-state index contributed by atoms with van der Waals surface area (Å²) in [7, 11) is 0. The molecule has 32 heavy (non-hydrogen) atoms. The first-order valence-corrected chi connectivity index (χ1v) is 13.4. The van der Waals surface area contributed by atoms with Gasteiger partial charge in [0.1, 0.15) is 6.29 Å². The number of hydrogen-bond acceptors (Lipinski definition) is 3. The molecular weight excluding hydrogens is 392 g/mol. The Labute approximate surface area is 195 Å². The highest BCUT2D eigenvalue weighted by Gasteiger charge is 2.61. The van der Waals surface area contributed by atoms with Gasteiger partial charge in [-0.1, -0.05) is 39.0 Å². The first-order valence-electron chi connectivity index (χ1n) is 13.4. The van der Waals surface area contributed by atoms with Gasteiger partial charge in [-0.3, -0.25) is 4.99 Å². The lowest BCUT2D eigenvalue weighted by Gasteiger charge is -2.61. The van der Waals surface area contributed by atoms with Crippen LogP contribution in [0.2, 0.25) is 0 Å². The van der Waals surface area contributed by atoms with Crippen LogP contribution in [0.4, 0.5) is 0 Å². The molecule has 0 radical (unpaired) electrons. The molecule has 3 nitrogen and oxygen atoms in total. The third-order valence-electron chi connectivity index (χ3n) is 11.7. The van der Waals surface area contributed by atoms with Gasteiger partial charge in [0, 0.05) is 18.7 Å². The van der Waals surface area contributed by atoms with Crippen molar-refractivity contribution >= 4 is 12.5 Å². The van der Waals surface area contributed by atoms with E-state index in [2.05, 4.69) is 39.0 Å². The van der Waals surface area contributed by atoms with E-state index in [9.17, 15) is 4.79 Å². The summed E-state index contributed by atoms with van der Waals surface area (Å²) >= 11 is 0. The Hall–Kier alpha value is -1.22. The van der Waals surface area contributed by atoms with Crippen LogP contribution < -0.4 is 5.73 Å². The van der Waals surface area contributed by atoms with E-state index < -0.39 is 0 Å². The molecule has 3 heteroatoms. The molecule has 176 valence electrons. The maximum absolute atomic E-state index is 11.5. The zero-order chi connectivity index (χ0) is 22.6. The minimum absolute atomic E-state index is 0.264. The van der Waals surface area contributed by atoms with Gasteiger partial charge in [-0.25, -0.2) is 0 Å². The van der Waals surface area contributed by atoms with Crippen molar-refractivity contribution in [1.82, 2.24) is 0 Å². The van der Waals surface area contributed by atoms with E-state index in [1.165, 1.54) is 51.2 Å². The predicted molar refractivity (Wildman–Crippen MR) is 132 cm³/mol. The minimum atomic E-state index is -0.264. The maximum Gasteiger partial charge on any atom is 0.123 e. The molecule has 1 heterocycles. The second kappa shape index (κ2) is 8.22. The topological polar surface area (TPSA) is 55.5 Å². The molecule has 2 N–H and O–H groups in total. The monoisotopic (exact) mass is 436 g/mol. The number of nitrogens with zero attached hydrogens (tertiary/aromatic N) is 1. The summed E-state index contributed by atoms with van der Waals surface area (Å²) in [6, 6.07) is 0. The number of fused-ring (bicyclic) bond motifs is 5. The van der Waals surface area contributed by atoms with Crippen LogP contribution in [0.1, 0.15) is 78.6 Å². The summed E-state index contributed by atoms with van der Waals surface area (Å²) in [5.41, 5.74) is 7.00. The number of hydrogen-bond donors (Lipinski definition) is 1. The zero-order valence-corrected chi connectivity index (χ0v) is 20.5. The van der Waals surface area contributed by atoms with Crippen LogP contribution in [0.15, 0.2) is 29.3 Å². The normalized spacial score (nSPS) is 50.8. The maximum atomic E-state index is 11.5. The predicted octanol–water partition coefficient (Wildman–Crippen LogP) is 5.99. The van der Waals surface area contributed by atoms with Crippen molar-refractivity contribution in [3.05, 3.63) is 24.3 Å². The molecule has 4 fully saturated rings. The highest BCUT2D eigenvalue weighted by atomic mass is 16.1. The van der Waals surface area contributed by atoms with E-state index in [1.807, 2.05) is 12.3 Å². The van der Waals surface area contributed by atoms with Gasteiger partial charge in [0.25, 0.3) is 0 Å². The molecule has 0 spiro atoms. The molecule has 5 aliphatic rings. The van der Waals surface area contributed by atoms with Crippen LogP contribution in [0.5, 0.6) is 0 Å². The molecule has 0 aromatic heterocycles. The minimum Gasteiger partial charge on any atom is -0.328 e. The molecule has 4 aliphatic carbocycles. The fraction of sp³-hybridized carbons (Fsp3) is 0.793. The van der Waals surface area contributed by atoms with Crippen molar-refractivity contribution in [2.75, 3.05) is 6.54 Å². The highest BCUT2D eigenvalue weighted by molar-refractivity contribution is 5.73. The van der Waals surface area contributed by atoms with Gasteiger partial charge in [0.15, 0.2) is 0 Å². The second-order valence-electron chi connectivity index (χ2n) is 12.6. The molecule has 0 bridgehead atoms. The van der Waals surface area contributed by atoms with Crippen LogP contribution in [-0.2, 0) is 4.79 Å². The van der Waals surface area contributed by atoms with Gasteiger partial charge in [-0.15, -0.1) is 0 Å². The van der Waals surface area contributed by atoms with Gasteiger partial charge >= 0.3 is 0 Å². The lowest BCUT2D eigenvalue weighted by molar-refractivity contribution is -0.130. The summed E-state index contributed by atoms with van der Waals surface area (Å²) in [6.45, 7) is 8.26. The van der Waals surface area contributed by atoms with Crippen molar-refractivity contribution in [3.63, 3.8) is 0 Å². The lowest BCUT2D eigenvalue weighted by atomic mass is 9.44. The fourth-order valence-electron chi connectivity index (χ4n) is 9.76. The van der Waals surface area contributed by atoms with Gasteiger partial charge in [-0.2, -0.15) is 0 Å². The number of carbonyl (C=O) groups is 1. The molecular formula is C29H44N2O. The Morgan fingerprint density at radius 3 is 2.56 bits per heavy atom. The summed E-state index contributed by atoms with van der Waals surface area (Å²) in [6.07, 6.45) is 23.5. The van der Waals surface area contributed by atoms with Crippen molar-refractivity contribution in [2.45, 2.75) is 84.1 Å². The van der Waals surface area contributed by atoms with Crippen LogP contribution in [0.3, 0.4) is 0 Å². The number of aliphatic imine (C=N–C) groups is 1. The van der Waals surface area contributed by atoms with E-state index in [4.69, 9.17) is 10.7 Å². The molecule has 0 amide bonds. The second-order valence-corrected chi connectivity index (χ2v) is 12.6. The van der Waals surface area contributed by atoms with E-state index in [1.54, 1.807) is 0 Å². The lowest BCUT2D eigenvalue weighted by Crippen LogP contribution is -2.55. The summed E-state index contributed by atoms with van der Waals surface area (Å²) in [4.78, 5) is 16.5. The highest BCUT2D eigenvalue weighted by Crippen LogP contribution is 2.69. The Bertz CT molecular complexity index is 798. The van der Waals surface area contributed by atoms with E-state index in [0.717, 1.165) is 36.5 Å². The van der Waals surface area contributed by atoms with Crippen molar-refractivity contribution in [1.29, 1.82) is 0 Å². The van der Waals surface area contributed by atoms with Gasteiger partial charge < -0.3 is 10.5 Å². The van der Waals surface area contributed by atoms with Crippen LogP contribution >= 0.6 is 0 Å². The molecule has 5 rings (SSSR count). The van der Waals surface area contributed by atoms with Crippen molar-refractivity contribution in [3.8, 4) is 0 Å². The zero-order valence-electron chi connectivity index (χ0n) is 20.5. The molecule has 1 aliphatic heterocycles. The average molecular weight is 437 g/mol. The first kappa shape index (κ1) is 22.6. The Balaban J connectivity index is 1.39. The van der Waals surface area contributed by atoms with E-state index in [0.29, 0.717) is 35.1 Å². The standard InChI is InChI=1S/C29H44N2O/c1-20(29(19-30)13-5-4-6-16-31-29)24-9-10-25-23-8-7-22-17-21(18-32)11-14-27(22,2)26(23)12-15-28(24,25)3/h4-6,13,16,18,20-26H,7-12,14-15,17,19,30H2,1-3H3/t20?,21?,22?,23-,24+,25-,26-,27-,28+,29?/m0/s1. The van der Waals surface area contributed by atoms with Crippen LogP contribution in [0.25, 0.3) is 0 Å². The number of rotatable bonds is 4. The van der Waals surface area contributed by atoms with Crippen LogP contribution in [-0.4, -0.2) is 24.6 Å². The SMILES string of the molecule is CC([C@H]1CC[C@H]2[C@@H]3CCC4CC(C=O)CC[C@]4(C)[C@H]3CC[C@]12C)C1(CN)C=CC=CC=N1. The number of nitrogens with two attached hydrogens (primary N) is 1. The first-order chi connectivity index (χ1) is 15.4. The van der Waals surface area contributed by atoms with Gasteiger partial charge in [0.2, 0.25) is 0 Å². The quantitative estimate of drug-likeness (QED) is 0.550.